The average molecular weight is 463 g/mol. The van der Waals surface area contributed by atoms with Crippen LogP contribution in [0.15, 0.2) is 12.1 Å². The van der Waals surface area contributed by atoms with Crippen molar-refractivity contribution in [3.05, 3.63) is 17.7 Å². The molecule has 33 heavy (non-hydrogen) atoms. The molecular formula is C23H29NO9. The van der Waals surface area contributed by atoms with Crippen LogP contribution in [0.25, 0.3) is 0 Å². The van der Waals surface area contributed by atoms with Gasteiger partial charge in [-0.2, -0.15) is 0 Å². The zero-order chi connectivity index (χ0) is 24.5. The Bertz CT molecular complexity index is 882. The average Bonchev–Trinajstić information content (AvgIpc) is 2.74. The van der Waals surface area contributed by atoms with Crippen molar-refractivity contribution < 1.29 is 42.9 Å². The van der Waals surface area contributed by atoms with Crippen LogP contribution in [0, 0.1) is 0 Å². The van der Waals surface area contributed by atoms with Gasteiger partial charge in [0.15, 0.2) is 18.1 Å². The molecule has 1 amide bonds. The Morgan fingerprint density at radius 1 is 0.848 bits per heavy atom. The van der Waals surface area contributed by atoms with Crippen LogP contribution >= 0.6 is 0 Å². The first-order chi connectivity index (χ1) is 15.6. The number of carbonyl (C=O) groups excluding carboxylic acids is 5. The van der Waals surface area contributed by atoms with Crippen LogP contribution in [0.4, 0.5) is 0 Å². The van der Waals surface area contributed by atoms with Crippen molar-refractivity contribution in [2.45, 2.75) is 65.8 Å². The van der Waals surface area contributed by atoms with Gasteiger partial charge in [0.05, 0.1) is 5.56 Å². The first-order valence-electron chi connectivity index (χ1n) is 10.8. The molecule has 0 aliphatic heterocycles. The lowest BCUT2D eigenvalue weighted by molar-refractivity contribution is -0.137. The van der Waals surface area contributed by atoms with E-state index in [1.165, 1.54) is 0 Å². The second kappa shape index (κ2) is 12.0. The molecule has 0 N–H and O–H groups in total. The van der Waals surface area contributed by atoms with Gasteiger partial charge in [0, 0.05) is 33.4 Å². The number of benzene rings is 1. The van der Waals surface area contributed by atoms with E-state index in [2.05, 4.69) is 0 Å². The van der Waals surface area contributed by atoms with E-state index < -0.39 is 30.5 Å². The molecule has 1 aromatic carbocycles. The first kappa shape index (κ1) is 25.8. The van der Waals surface area contributed by atoms with E-state index in [4.69, 9.17) is 18.9 Å². The number of esters is 4. The smallest absolute Gasteiger partial charge is 0.338 e. The van der Waals surface area contributed by atoms with Crippen molar-refractivity contribution in [3.63, 3.8) is 0 Å². The molecule has 0 unspecified atom stereocenters. The molecule has 1 saturated carbocycles. The van der Waals surface area contributed by atoms with E-state index >= 15 is 0 Å². The number of hydrogen-bond donors (Lipinski definition) is 0. The SMILES string of the molecule is CCN(C(=O)COC(=O)c1cc(OC(C)=O)c(OC(C)=O)c(OC(C)=O)c1)C1CCCCC1. The molecule has 180 valence electrons. The van der Waals surface area contributed by atoms with Gasteiger partial charge >= 0.3 is 23.9 Å². The molecular weight excluding hydrogens is 434 g/mol. The van der Waals surface area contributed by atoms with Crippen LogP contribution in [0.3, 0.4) is 0 Å². The molecule has 1 fully saturated rings. The van der Waals surface area contributed by atoms with Crippen molar-refractivity contribution in [3.8, 4) is 17.2 Å². The Labute approximate surface area is 192 Å². The van der Waals surface area contributed by atoms with Crippen LogP contribution in [-0.4, -0.2) is 53.9 Å². The number of ether oxygens (including phenoxy) is 4. The van der Waals surface area contributed by atoms with Crippen molar-refractivity contribution >= 4 is 29.8 Å². The minimum atomic E-state index is -0.903. The van der Waals surface area contributed by atoms with Crippen LogP contribution < -0.4 is 14.2 Å². The van der Waals surface area contributed by atoms with Gasteiger partial charge < -0.3 is 23.8 Å². The van der Waals surface area contributed by atoms with Crippen molar-refractivity contribution in [1.29, 1.82) is 0 Å². The Morgan fingerprint density at radius 2 is 1.36 bits per heavy atom. The minimum Gasteiger partial charge on any atom is -0.452 e. The van der Waals surface area contributed by atoms with Gasteiger partial charge in [0.25, 0.3) is 5.91 Å². The molecule has 1 aliphatic rings. The molecule has 0 spiro atoms. The Kier molecular flexibility index (Phi) is 9.38. The Balaban J connectivity index is 2.25. The Morgan fingerprint density at radius 3 is 1.82 bits per heavy atom. The fraction of sp³-hybridized carbons (Fsp3) is 0.522. The molecule has 1 aromatic rings. The summed E-state index contributed by atoms with van der Waals surface area (Å²) in [6.45, 7) is 5.23. The number of carbonyl (C=O) groups is 5. The van der Waals surface area contributed by atoms with Gasteiger partial charge in [0.2, 0.25) is 5.75 Å². The van der Waals surface area contributed by atoms with Gasteiger partial charge in [0.1, 0.15) is 0 Å². The summed E-state index contributed by atoms with van der Waals surface area (Å²) in [5.41, 5.74) is -0.160. The normalized spacial score (nSPS) is 13.6. The largest absolute Gasteiger partial charge is 0.452 e. The van der Waals surface area contributed by atoms with E-state index in [9.17, 15) is 24.0 Å². The predicted molar refractivity (Wildman–Crippen MR) is 115 cm³/mol. The lowest BCUT2D eigenvalue weighted by Crippen LogP contribution is -2.43. The zero-order valence-corrected chi connectivity index (χ0v) is 19.3. The monoisotopic (exact) mass is 463 g/mol. The lowest BCUT2D eigenvalue weighted by Gasteiger charge is -2.33. The second-order valence-corrected chi connectivity index (χ2v) is 7.63. The zero-order valence-electron chi connectivity index (χ0n) is 19.3. The maximum atomic E-state index is 12.7. The summed E-state index contributed by atoms with van der Waals surface area (Å²) in [5, 5.41) is 0. The number of amides is 1. The second-order valence-electron chi connectivity index (χ2n) is 7.63. The summed E-state index contributed by atoms with van der Waals surface area (Å²) in [7, 11) is 0. The van der Waals surface area contributed by atoms with Gasteiger partial charge in [-0.05, 0) is 31.9 Å². The van der Waals surface area contributed by atoms with E-state index in [0.717, 1.165) is 65.0 Å². The van der Waals surface area contributed by atoms with E-state index in [1.54, 1.807) is 4.90 Å². The number of likely N-dealkylation sites (N-methyl/N-ethyl adjacent to an activating group) is 1. The molecule has 0 aromatic heterocycles. The van der Waals surface area contributed by atoms with Crippen LogP contribution in [0.1, 0.15) is 70.2 Å². The van der Waals surface area contributed by atoms with Crippen LogP contribution in [0.5, 0.6) is 17.2 Å². The van der Waals surface area contributed by atoms with E-state index in [1.807, 2.05) is 6.92 Å². The first-order valence-corrected chi connectivity index (χ1v) is 10.8. The molecule has 1 aliphatic carbocycles. The highest BCUT2D eigenvalue weighted by atomic mass is 16.6. The van der Waals surface area contributed by atoms with Gasteiger partial charge in [-0.15, -0.1) is 0 Å². The molecule has 0 atom stereocenters. The highest BCUT2D eigenvalue weighted by Crippen LogP contribution is 2.39. The molecule has 0 radical (unpaired) electrons. The quantitative estimate of drug-likeness (QED) is 0.422. The Hall–Kier alpha value is -3.43. The molecule has 0 heterocycles. The van der Waals surface area contributed by atoms with Crippen molar-refractivity contribution in [2.75, 3.05) is 13.2 Å². The van der Waals surface area contributed by atoms with Gasteiger partial charge in [-0.1, -0.05) is 19.3 Å². The third kappa shape index (κ3) is 7.58. The van der Waals surface area contributed by atoms with E-state index in [0.29, 0.717) is 6.54 Å². The number of nitrogens with zero attached hydrogens (tertiary/aromatic N) is 1. The lowest BCUT2D eigenvalue weighted by atomic mass is 9.94. The molecule has 10 nitrogen and oxygen atoms in total. The summed E-state index contributed by atoms with van der Waals surface area (Å²) in [5.74, 6) is -4.46. The topological polar surface area (TPSA) is 126 Å². The van der Waals surface area contributed by atoms with Crippen LogP contribution in [-0.2, 0) is 23.9 Å². The predicted octanol–water partition coefficient (Wildman–Crippen LogP) is 2.80. The maximum Gasteiger partial charge on any atom is 0.338 e. The third-order valence-electron chi connectivity index (χ3n) is 5.01. The van der Waals surface area contributed by atoms with Gasteiger partial charge in [-0.3, -0.25) is 19.2 Å². The maximum absolute atomic E-state index is 12.7. The molecule has 0 bridgehead atoms. The fourth-order valence-corrected chi connectivity index (χ4v) is 3.72. The minimum absolute atomic E-state index is 0.129. The standard InChI is InChI=1S/C23H29NO9/c1-5-24(18-9-7-6-8-10-18)21(28)13-30-23(29)17-11-19(31-14(2)25)22(33-16(4)27)20(12-17)32-15(3)26/h11-12,18H,5-10,13H2,1-4H3. The third-order valence-corrected chi connectivity index (χ3v) is 5.01. The summed E-state index contributed by atoms with van der Waals surface area (Å²) < 4.78 is 20.3. The number of hydrogen-bond acceptors (Lipinski definition) is 9. The summed E-state index contributed by atoms with van der Waals surface area (Å²) in [6, 6.07) is 2.35. The molecule has 0 saturated heterocycles. The van der Waals surface area contributed by atoms with E-state index in [-0.39, 0.29) is 34.8 Å². The van der Waals surface area contributed by atoms with Crippen molar-refractivity contribution in [1.82, 2.24) is 4.90 Å². The highest BCUT2D eigenvalue weighted by Gasteiger charge is 2.26. The molecule has 10 heteroatoms. The van der Waals surface area contributed by atoms with Crippen molar-refractivity contribution in [2.24, 2.45) is 0 Å². The fourth-order valence-electron chi connectivity index (χ4n) is 3.72. The summed E-state index contributed by atoms with van der Waals surface area (Å²) in [6.07, 6.45) is 5.10. The van der Waals surface area contributed by atoms with Crippen LogP contribution in [0.2, 0.25) is 0 Å². The molecule has 2 rings (SSSR count). The van der Waals surface area contributed by atoms with Gasteiger partial charge in [-0.25, -0.2) is 4.79 Å². The highest BCUT2D eigenvalue weighted by molar-refractivity contribution is 5.93. The number of rotatable bonds is 8. The summed E-state index contributed by atoms with van der Waals surface area (Å²) >= 11 is 0. The summed E-state index contributed by atoms with van der Waals surface area (Å²) in [4.78, 5) is 61.5.